The van der Waals surface area contributed by atoms with E-state index in [0.29, 0.717) is 0 Å². The van der Waals surface area contributed by atoms with Gasteiger partial charge in [0.25, 0.3) is 0 Å². The fraction of sp³-hybridized carbons (Fsp3) is 0.444. The first-order valence-corrected chi connectivity index (χ1v) is 4.91. The van der Waals surface area contributed by atoms with Crippen LogP contribution in [-0.4, -0.2) is 31.3 Å². The van der Waals surface area contributed by atoms with E-state index in [2.05, 4.69) is 27.7 Å². The zero-order chi connectivity index (χ0) is 10.7. The molecule has 0 fully saturated rings. The summed E-state index contributed by atoms with van der Waals surface area (Å²) < 4.78 is 3.48. The summed E-state index contributed by atoms with van der Waals surface area (Å²) in [4.78, 5) is 0. The molecule has 15 heavy (non-hydrogen) atoms. The van der Waals surface area contributed by atoms with Gasteiger partial charge in [0.05, 0.1) is 11.9 Å². The second-order valence-corrected chi connectivity index (χ2v) is 3.27. The molecule has 2 rings (SSSR count). The third-order valence-corrected chi connectivity index (χ3v) is 2.09. The highest BCUT2D eigenvalue weighted by atomic mass is 15.5. The molecule has 0 aliphatic carbocycles. The third-order valence-electron chi connectivity index (χ3n) is 2.09. The summed E-state index contributed by atoms with van der Waals surface area (Å²) in [7, 11) is 1.88. The van der Waals surface area contributed by atoms with E-state index in [1.54, 1.807) is 15.6 Å². The first kappa shape index (κ1) is 9.85. The molecule has 2 aromatic heterocycles. The molecule has 0 aliphatic heterocycles. The van der Waals surface area contributed by atoms with Crippen LogP contribution >= 0.6 is 0 Å². The van der Waals surface area contributed by atoms with Crippen LogP contribution in [0.15, 0.2) is 18.5 Å². The van der Waals surface area contributed by atoms with Gasteiger partial charge in [-0.2, -0.15) is 9.78 Å². The Bertz CT molecular complexity index is 429. The summed E-state index contributed by atoms with van der Waals surface area (Å²) in [6, 6.07) is 1.91. The third kappa shape index (κ3) is 2.04. The van der Waals surface area contributed by atoms with Gasteiger partial charge in [0.15, 0.2) is 5.82 Å². The maximum Gasteiger partial charge on any atom is 0.177 e. The van der Waals surface area contributed by atoms with Gasteiger partial charge in [-0.1, -0.05) is 12.1 Å². The van der Waals surface area contributed by atoms with Gasteiger partial charge in [-0.05, 0) is 6.54 Å². The van der Waals surface area contributed by atoms with Crippen molar-refractivity contribution in [2.24, 2.45) is 7.05 Å². The molecule has 0 unspecified atom stereocenters. The van der Waals surface area contributed by atoms with E-state index in [1.165, 1.54) is 0 Å². The van der Waals surface area contributed by atoms with Crippen LogP contribution in [-0.2, 0) is 13.6 Å². The molecule has 0 amide bonds. The quantitative estimate of drug-likeness (QED) is 0.771. The number of nitrogens with one attached hydrogen (secondary N) is 1. The molecule has 0 radical (unpaired) electrons. The molecule has 6 heteroatoms. The Hall–Kier alpha value is -1.69. The first-order valence-electron chi connectivity index (χ1n) is 4.91. The minimum absolute atomic E-state index is 0.750. The predicted molar refractivity (Wildman–Crippen MR) is 55.5 cm³/mol. The average molecular weight is 206 g/mol. The Balaban J connectivity index is 2.24. The van der Waals surface area contributed by atoms with E-state index >= 15 is 0 Å². The summed E-state index contributed by atoms with van der Waals surface area (Å²) in [6.45, 7) is 3.74. The maximum absolute atomic E-state index is 4.27. The van der Waals surface area contributed by atoms with Crippen molar-refractivity contribution in [3.05, 3.63) is 24.2 Å². The fourth-order valence-electron chi connectivity index (χ4n) is 1.34. The molecule has 2 aromatic rings. The van der Waals surface area contributed by atoms with Gasteiger partial charge in [-0.25, -0.2) is 0 Å². The average Bonchev–Trinajstić information content (AvgIpc) is 2.82. The SMILES string of the molecule is CCNCc1cnnn1-c1ccn(C)n1. The van der Waals surface area contributed by atoms with Gasteiger partial charge in [0, 0.05) is 25.9 Å². The van der Waals surface area contributed by atoms with Gasteiger partial charge < -0.3 is 5.32 Å². The largest absolute Gasteiger partial charge is 0.311 e. The second-order valence-electron chi connectivity index (χ2n) is 3.27. The van der Waals surface area contributed by atoms with Crippen LogP contribution in [0.4, 0.5) is 0 Å². The van der Waals surface area contributed by atoms with Crippen molar-refractivity contribution in [1.29, 1.82) is 0 Å². The van der Waals surface area contributed by atoms with Crippen molar-refractivity contribution < 1.29 is 0 Å². The number of aryl methyl sites for hydroxylation is 1. The maximum atomic E-state index is 4.27. The van der Waals surface area contributed by atoms with Gasteiger partial charge >= 0.3 is 0 Å². The van der Waals surface area contributed by atoms with Crippen LogP contribution in [0.2, 0.25) is 0 Å². The first-order chi connectivity index (χ1) is 7.31. The number of hydrogen-bond donors (Lipinski definition) is 1. The minimum atomic E-state index is 0.750. The molecule has 0 saturated carbocycles. The second kappa shape index (κ2) is 4.22. The van der Waals surface area contributed by atoms with Gasteiger partial charge in [0.1, 0.15) is 0 Å². The van der Waals surface area contributed by atoms with Gasteiger partial charge in [-0.3, -0.25) is 4.68 Å². The topological polar surface area (TPSA) is 60.6 Å². The molecule has 0 atom stereocenters. The van der Waals surface area contributed by atoms with E-state index in [9.17, 15) is 0 Å². The van der Waals surface area contributed by atoms with Crippen molar-refractivity contribution in [2.75, 3.05) is 6.54 Å². The molecule has 0 aliphatic rings. The van der Waals surface area contributed by atoms with Crippen LogP contribution in [0, 0.1) is 0 Å². The van der Waals surface area contributed by atoms with Crippen molar-refractivity contribution in [3.8, 4) is 5.82 Å². The van der Waals surface area contributed by atoms with Crippen molar-refractivity contribution in [3.63, 3.8) is 0 Å². The molecule has 1 N–H and O–H groups in total. The molecular weight excluding hydrogens is 192 g/mol. The van der Waals surface area contributed by atoms with E-state index < -0.39 is 0 Å². The van der Waals surface area contributed by atoms with Crippen molar-refractivity contribution in [1.82, 2.24) is 30.1 Å². The number of hydrogen-bond acceptors (Lipinski definition) is 4. The summed E-state index contributed by atoms with van der Waals surface area (Å²) in [5.74, 6) is 0.794. The van der Waals surface area contributed by atoms with Gasteiger partial charge in [-0.15, -0.1) is 5.10 Å². The van der Waals surface area contributed by atoms with Crippen molar-refractivity contribution in [2.45, 2.75) is 13.5 Å². The highest BCUT2D eigenvalue weighted by Gasteiger charge is 2.07. The van der Waals surface area contributed by atoms with Crippen LogP contribution in [0.5, 0.6) is 0 Å². The Kier molecular flexibility index (Phi) is 2.77. The fourth-order valence-corrected chi connectivity index (χ4v) is 1.34. The Morgan fingerprint density at radius 1 is 1.47 bits per heavy atom. The highest BCUT2D eigenvalue weighted by molar-refractivity contribution is 5.20. The molecule has 2 heterocycles. The van der Waals surface area contributed by atoms with E-state index in [-0.39, 0.29) is 0 Å². The molecule has 0 spiro atoms. The smallest absolute Gasteiger partial charge is 0.177 e. The van der Waals surface area contributed by atoms with Crippen LogP contribution in [0.25, 0.3) is 5.82 Å². The van der Waals surface area contributed by atoms with Crippen LogP contribution in [0.3, 0.4) is 0 Å². The van der Waals surface area contributed by atoms with Gasteiger partial charge in [0.2, 0.25) is 0 Å². The number of aromatic nitrogens is 5. The van der Waals surface area contributed by atoms with E-state index in [4.69, 9.17) is 0 Å². The molecular formula is C9H14N6. The highest BCUT2D eigenvalue weighted by Crippen LogP contribution is 2.05. The lowest BCUT2D eigenvalue weighted by atomic mass is 10.4. The Morgan fingerprint density at radius 3 is 3.00 bits per heavy atom. The minimum Gasteiger partial charge on any atom is -0.311 e. The predicted octanol–water partition coefficient (Wildman–Crippen LogP) is 0.110. The Labute approximate surface area is 87.9 Å². The van der Waals surface area contributed by atoms with Crippen molar-refractivity contribution >= 4 is 0 Å². The van der Waals surface area contributed by atoms with Crippen LogP contribution in [0.1, 0.15) is 12.6 Å². The zero-order valence-corrected chi connectivity index (χ0v) is 8.88. The molecule has 80 valence electrons. The van der Waals surface area contributed by atoms with E-state index in [0.717, 1.165) is 24.6 Å². The number of nitrogens with zero attached hydrogens (tertiary/aromatic N) is 5. The zero-order valence-electron chi connectivity index (χ0n) is 8.88. The standard InChI is InChI=1S/C9H14N6/c1-3-10-6-8-7-11-13-15(8)9-4-5-14(2)12-9/h4-5,7,10H,3,6H2,1-2H3. The number of rotatable bonds is 4. The lowest BCUT2D eigenvalue weighted by Gasteiger charge is -2.02. The summed E-state index contributed by atoms with van der Waals surface area (Å²) in [5, 5.41) is 15.4. The monoisotopic (exact) mass is 206 g/mol. The lowest BCUT2D eigenvalue weighted by molar-refractivity contribution is 0.653. The van der Waals surface area contributed by atoms with Crippen LogP contribution < -0.4 is 5.32 Å². The molecule has 0 saturated heterocycles. The summed E-state index contributed by atoms with van der Waals surface area (Å²) >= 11 is 0. The Morgan fingerprint density at radius 2 is 2.33 bits per heavy atom. The summed E-state index contributed by atoms with van der Waals surface area (Å²) in [5.41, 5.74) is 1.01. The van der Waals surface area contributed by atoms with E-state index in [1.807, 2.05) is 19.3 Å². The summed E-state index contributed by atoms with van der Waals surface area (Å²) in [6.07, 6.45) is 3.63. The molecule has 0 aromatic carbocycles. The molecule has 6 nitrogen and oxygen atoms in total. The molecule has 0 bridgehead atoms. The normalized spacial score (nSPS) is 10.8. The lowest BCUT2D eigenvalue weighted by Crippen LogP contribution is -2.15.